The van der Waals surface area contributed by atoms with Crippen LogP contribution in [0, 0.1) is 0 Å². The van der Waals surface area contributed by atoms with Gasteiger partial charge in [-0.2, -0.15) is 0 Å². The van der Waals surface area contributed by atoms with Gasteiger partial charge in [0, 0.05) is 0 Å². The molecule has 0 aliphatic heterocycles. The third-order valence-corrected chi connectivity index (χ3v) is 2.30. The van der Waals surface area contributed by atoms with Gasteiger partial charge in [0.1, 0.15) is 5.75 Å². The second-order valence-corrected chi connectivity index (χ2v) is 3.53. The zero-order valence-electron chi connectivity index (χ0n) is 9.25. The molecule has 1 aromatic rings. The van der Waals surface area contributed by atoms with Crippen LogP contribution >= 0.6 is 0 Å². The average molecular weight is 192 g/mol. The van der Waals surface area contributed by atoms with E-state index in [2.05, 4.69) is 31.2 Å². The van der Waals surface area contributed by atoms with Gasteiger partial charge in [-0.05, 0) is 37.5 Å². The van der Waals surface area contributed by atoms with E-state index in [1.54, 1.807) is 0 Å². The Hall–Kier alpha value is -0.980. The van der Waals surface area contributed by atoms with Crippen LogP contribution in [0.15, 0.2) is 24.3 Å². The summed E-state index contributed by atoms with van der Waals surface area (Å²) in [6.07, 6.45) is 5.11. The normalized spacial score (nSPS) is 10.1. The van der Waals surface area contributed by atoms with Gasteiger partial charge in [-0.25, -0.2) is 0 Å². The summed E-state index contributed by atoms with van der Waals surface area (Å²) in [5.41, 5.74) is 1.42. The third-order valence-electron chi connectivity index (χ3n) is 2.30. The quantitative estimate of drug-likeness (QED) is 0.623. The molecule has 0 aliphatic rings. The molecular weight excluding hydrogens is 172 g/mol. The molecule has 0 saturated carbocycles. The summed E-state index contributed by atoms with van der Waals surface area (Å²) < 4.78 is 5.39. The average Bonchev–Trinajstić information content (AvgIpc) is 2.21. The van der Waals surface area contributed by atoms with E-state index in [1.807, 2.05) is 6.92 Å². The zero-order chi connectivity index (χ0) is 10.2. The molecule has 14 heavy (non-hydrogen) atoms. The minimum atomic E-state index is 0.745. The molecule has 1 aromatic carbocycles. The Morgan fingerprint density at radius 3 is 2.29 bits per heavy atom. The summed E-state index contributed by atoms with van der Waals surface area (Å²) in [6, 6.07) is 8.46. The number of unbranched alkanes of at least 4 members (excludes halogenated alkanes) is 2. The second-order valence-electron chi connectivity index (χ2n) is 3.53. The topological polar surface area (TPSA) is 9.23 Å². The van der Waals surface area contributed by atoms with Crippen molar-refractivity contribution >= 4 is 0 Å². The fourth-order valence-electron chi connectivity index (χ4n) is 1.50. The standard InChI is InChI=1S/C13H20O/c1-3-5-6-7-12-8-10-13(11-9-12)14-4-2/h8-11H,3-7H2,1-2H3. The van der Waals surface area contributed by atoms with E-state index in [9.17, 15) is 0 Å². The number of hydrogen-bond donors (Lipinski definition) is 0. The van der Waals surface area contributed by atoms with Crippen molar-refractivity contribution in [3.63, 3.8) is 0 Å². The largest absolute Gasteiger partial charge is 0.494 e. The van der Waals surface area contributed by atoms with Crippen molar-refractivity contribution in [2.45, 2.75) is 39.5 Å². The Bertz CT molecular complexity index is 238. The lowest BCUT2D eigenvalue weighted by molar-refractivity contribution is 0.340. The molecule has 0 aromatic heterocycles. The highest BCUT2D eigenvalue weighted by Gasteiger charge is 1.94. The fourth-order valence-corrected chi connectivity index (χ4v) is 1.50. The summed E-state index contributed by atoms with van der Waals surface area (Å²) in [4.78, 5) is 0. The first kappa shape index (κ1) is 11.1. The molecule has 0 N–H and O–H groups in total. The van der Waals surface area contributed by atoms with Crippen molar-refractivity contribution < 1.29 is 4.74 Å². The fraction of sp³-hybridized carbons (Fsp3) is 0.538. The molecule has 1 nitrogen and oxygen atoms in total. The van der Waals surface area contributed by atoms with Gasteiger partial charge in [-0.15, -0.1) is 0 Å². The Balaban J connectivity index is 2.38. The highest BCUT2D eigenvalue weighted by atomic mass is 16.5. The molecular formula is C13H20O. The van der Waals surface area contributed by atoms with Crippen molar-refractivity contribution in [2.75, 3.05) is 6.61 Å². The molecule has 0 radical (unpaired) electrons. The van der Waals surface area contributed by atoms with Crippen LogP contribution in [-0.2, 0) is 6.42 Å². The van der Waals surface area contributed by atoms with Crippen LogP contribution in [0.25, 0.3) is 0 Å². The van der Waals surface area contributed by atoms with E-state index >= 15 is 0 Å². The van der Waals surface area contributed by atoms with Crippen molar-refractivity contribution in [1.82, 2.24) is 0 Å². The van der Waals surface area contributed by atoms with E-state index in [0.29, 0.717) is 0 Å². The predicted molar refractivity (Wildman–Crippen MR) is 60.8 cm³/mol. The maximum Gasteiger partial charge on any atom is 0.119 e. The van der Waals surface area contributed by atoms with Gasteiger partial charge in [0.05, 0.1) is 6.61 Å². The minimum Gasteiger partial charge on any atom is -0.494 e. The smallest absolute Gasteiger partial charge is 0.119 e. The molecule has 0 heterocycles. The van der Waals surface area contributed by atoms with Crippen LogP contribution in [0.3, 0.4) is 0 Å². The van der Waals surface area contributed by atoms with Crippen LogP contribution < -0.4 is 4.74 Å². The Labute approximate surface area is 87.1 Å². The SMILES string of the molecule is CCCCCc1ccc(OCC)cc1. The predicted octanol–water partition coefficient (Wildman–Crippen LogP) is 3.82. The van der Waals surface area contributed by atoms with Crippen LogP contribution in [0.4, 0.5) is 0 Å². The lowest BCUT2D eigenvalue weighted by Gasteiger charge is -2.04. The molecule has 0 aliphatic carbocycles. The first-order valence-corrected chi connectivity index (χ1v) is 5.58. The number of rotatable bonds is 6. The molecule has 1 rings (SSSR count). The molecule has 78 valence electrons. The highest BCUT2D eigenvalue weighted by molar-refractivity contribution is 5.27. The van der Waals surface area contributed by atoms with E-state index in [0.717, 1.165) is 12.4 Å². The molecule has 0 unspecified atom stereocenters. The summed E-state index contributed by atoms with van der Waals surface area (Å²) in [6.45, 7) is 4.99. The molecule has 0 atom stereocenters. The van der Waals surface area contributed by atoms with E-state index in [4.69, 9.17) is 4.74 Å². The van der Waals surface area contributed by atoms with Gasteiger partial charge in [0.25, 0.3) is 0 Å². The first-order valence-electron chi connectivity index (χ1n) is 5.58. The summed E-state index contributed by atoms with van der Waals surface area (Å²) >= 11 is 0. The monoisotopic (exact) mass is 192 g/mol. The summed E-state index contributed by atoms with van der Waals surface area (Å²) in [7, 11) is 0. The second kappa shape index (κ2) is 6.47. The van der Waals surface area contributed by atoms with Crippen LogP contribution in [-0.4, -0.2) is 6.61 Å². The number of ether oxygens (including phenoxy) is 1. The molecule has 0 amide bonds. The maximum absolute atomic E-state index is 5.39. The van der Waals surface area contributed by atoms with Gasteiger partial charge in [-0.1, -0.05) is 31.9 Å². The number of benzene rings is 1. The lowest BCUT2D eigenvalue weighted by atomic mass is 10.1. The Kier molecular flexibility index (Phi) is 5.13. The Morgan fingerprint density at radius 2 is 1.71 bits per heavy atom. The van der Waals surface area contributed by atoms with Crippen molar-refractivity contribution in [1.29, 1.82) is 0 Å². The number of hydrogen-bond acceptors (Lipinski definition) is 1. The molecule has 0 spiro atoms. The first-order chi connectivity index (χ1) is 6.86. The van der Waals surface area contributed by atoms with E-state index in [-0.39, 0.29) is 0 Å². The van der Waals surface area contributed by atoms with Crippen LogP contribution in [0.5, 0.6) is 5.75 Å². The molecule has 0 fully saturated rings. The number of aryl methyl sites for hydroxylation is 1. The van der Waals surface area contributed by atoms with Crippen molar-refractivity contribution in [2.24, 2.45) is 0 Å². The van der Waals surface area contributed by atoms with Crippen molar-refractivity contribution in [3.05, 3.63) is 29.8 Å². The van der Waals surface area contributed by atoms with Crippen LogP contribution in [0.2, 0.25) is 0 Å². The van der Waals surface area contributed by atoms with Gasteiger partial charge in [-0.3, -0.25) is 0 Å². The third kappa shape index (κ3) is 3.82. The minimum absolute atomic E-state index is 0.745. The lowest BCUT2D eigenvalue weighted by Crippen LogP contribution is -1.91. The van der Waals surface area contributed by atoms with Gasteiger partial charge in [0.15, 0.2) is 0 Å². The summed E-state index contributed by atoms with van der Waals surface area (Å²) in [5.74, 6) is 0.978. The highest BCUT2D eigenvalue weighted by Crippen LogP contribution is 2.13. The van der Waals surface area contributed by atoms with Crippen LogP contribution in [0.1, 0.15) is 38.7 Å². The molecule has 1 heteroatoms. The van der Waals surface area contributed by atoms with Gasteiger partial charge in [0.2, 0.25) is 0 Å². The molecule has 0 bridgehead atoms. The summed E-state index contributed by atoms with van der Waals surface area (Å²) in [5, 5.41) is 0. The maximum atomic E-state index is 5.39. The van der Waals surface area contributed by atoms with Gasteiger partial charge < -0.3 is 4.74 Å². The zero-order valence-corrected chi connectivity index (χ0v) is 9.25. The van der Waals surface area contributed by atoms with E-state index < -0.39 is 0 Å². The van der Waals surface area contributed by atoms with Crippen molar-refractivity contribution in [3.8, 4) is 5.75 Å². The molecule has 0 saturated heterocycles. The van der Waals surface area contributed by atoms with Gasteiger partial charge >= 0.3 is 0 Å². The van der Waals surface area contributed by atoms with E-state index in [1.165, 1.54) is 31.2 Å². The Morgan fingerprint density at radius 1 is 1.00 bits per heavy atom.